The van der Waals surface area contributed by atoms with Crippen LogP contribution in [0.5, 0.6) is 5.75 Å². The molecule has 28 heavy (non-hydrogen) atoms. The van der Waals surface area contributed by atoms with Crippen LogP contribution in [0.1, 0.15) is 38.2 Å². The van der Waals surface area contributed by atoms with E-state index in [0.717, 1.165) is 16.9 Å². The third kappa shape index (κ3) is 8.69. The first-order valence-corrected chi connectivity index (χ1v) is 9.60. The minimum atomic E-state index is -0.445. The summed E-state index contributed by atoms with van der Waals surface area (Å²) in [6.45, 7) is 5.57. The number of rotatable bonds is 13. The lowest BCUT2D eigenvalue weighted by molar-refractivity contribution is -0.112. The van der Waals surface area contributed by atoms with Gasteiger partial charge in [0.05, 0.1) is 6.61 Å². The van der Waals surface area contributed by atoms with Crippen LogP contribution >= 0.6 is 12.2 Å². The molecule has 0 aliphatic heterocycles. The highest BCUT2D eigenvalue weighted by molar-refractivity contribution is 7.80. The van der Waals surface area contributed by atoms with Crippen molar-refractivity contribution in [3.8, 4) is 5.75 Å². The van der Waals surface area contributed by atoms with Gasteiger partial charge in [-0.15, -0.1) is 6.58 Å². The van der Waals surface area contributed by atoms with Gasteiger partial charge in [0.2, 0.25) is 0 Å². The molecule has 0 fully saturated rings. The van der Waals surface area contributed by atoms with Gasteiger partial charge in [-0.2, -0.15) is 0 Å². The van der Waals surface area contributed by atoms with Crippen LogP contribution < -0.4 is 10.5 Å². The lowest BCUT2D eigenvalue weighted by atomic mass is 9.95. The number of allylic oxidation sites excluding steroid dienone is 5. The molecule has 0 saturated carbocycles. The van der Waals surface area contributed by atoms with Crippen LogP contribution in [-0.2, 0) is 4.79 Å². The van der Waals surface area contributed by atoms with E-state index in [1.807, 2.05) is 6.08 Å². The third-order valence-corrected chi connectivity index (χ3v) is 4.13. The number of hydrogen-bond acceptors (Lipinski definition) is 5. The van der Waals surface area contributed by atoms with E-state index in [1.54, 1.807) is 6.08 Å². The Morgan fingerprint density at radius 2 is 2.14 bits per heavy atom. The monoisotopic (exact) mass is 405 g/mol. The van der Waals surface area contributed by atoms with Crippen molar-refractivity contribution >= 4 is 28.4 Å². The smallest absolute Gasteiger partial charge is 0.153 e. The molecule has 0 aliphatic carbocycles. The van der Waals surface area contributed by atoms with Gasteiger partial charge in [0, 0.05) is 16.8 Å². The number of carbonyl (C=O) groups is 1. The zero-order valence-corrected chi connectivity index (χ0v) is 17.1. The number of ether oxygens (including phenoxy) is 1. The van der Waals surface area contributed by atoms with Crippen molar-refractivity contribution in [2.75, 3.05) is 19.8 Å². The molecule has 1 rings (SSSR count). The molecule has 0 saturated heterocycles. The van der Waals surface area contributed by atoms with Crippen LogP contribution in [0.4, 0.5) is 4.39 Å². The third-order valence-electron chi connectivity index (χ3n) is 3.82. The van der Waals surface area contributed by atoms with Crippen molar-refractivity contribution in [2.24, 2.45) is 5.73 Å². The van der Waals surface area contributed by atoms with Gasteiger partial charge >= 0.3 is 0 Å². The second-order valence-electron chi connectivity index (χ2n) is 6.33. The first kappa shape index (κ1) is 23.9. The predicted molar refractivity (Wildman–Crippen MR) is 116 cm³/mol. The van der Waals surface area contributed by atoms with Gasteiger partial charge in [-0.25, -0.2) is 4.39 Å². The average molecular weight is 406 g/mol. The fourth-order valence-electron chi connectivity index (χ4n) is 2.67. The summed E-state index contributed by atoms with van der Waals surface area (Å²) >= 11 is 5.40. The molecular weight excluding hydrogens is 377 g/mol. The van der Waals surface area contributed by atoms with Gasteiger partial charge in [0.25, 0.3) is 0 Å². The van der Waals surface area contributed by atoms with Crippen LogP contribution in [0.15, 0.2) is 48.6 Å². The summed E-state index contributed by atoms with van der Waals surface area (Å²) < 4.78 is 19.5. The Labute approximate surface area is 171 Å². The number of halogens is 1. The van der Waals surface area contributed by atoms with E-state index in [9.17, 15) is 9.18 Å². The standard InChI is InChI=1S/C22H28FNO3S/c1-3-5-20(28)14-17(6-4-9-24)13-18(12-16(2)26)21-15-19(23)7-8-22(21)27-11-10-25/h3,7-8,12-13,15,25H,1,4-6,9-11,14,24H2,2H3/b17-13+,18-12+. The lowest BCUT2D eigenvalue weighted by Gasteiger charge is -2.14. The number of aliphatic hydroxyl groups is 1. The van der Waals surface area contributed by atoms with Crippen molar-refractivity contribution in [1.29, 1.82) is 0 Å². The quantitative estimate of drug-likeness (QED) is 0.223. The molecule has 0 aromatic heterocycles. The van der Waals surface area contributed by atoms with Crippen molar-refractivity contribution < 1.29 is 19.0 Å². The molecule has 1 aromatic rings. The lowest BCUT2D eigenvalue weighted by Crippen LogP contribution is -2.05. The first-order valence-electron chi connectivity index (χ1n) is 9.19. The zero-order chi connectivity index (χ0) is 20.9. The molecule has 0 amide bonds. The van der Waals surface area contributed by atoms with Crippen LogP contribution in [0, 0.1) is 5.82 Å². The molecule has 3 N–H and O–H groups in total. The number of benzene rings is 1. The molecule has 1 aromatic carbocycles. The molecule has 4 nitrogen and oxygen atoms in total. The van der Waals surface area contributed by atoms with Crippen molar-refractivity contribution in [1.82, 2.24) is 0 Å². The topological polar surface area (TPSA) is 72.5 Å². The Bertz CT molecular complexity index is 756. The van der Waals surface area contributed by atoms with Gasteiger partial charge in [-0.05, 0) is 62.6 Å². The summed E-state index contributed by atoms with van der Waals surface area (Å²) in [5.41, 5.74) is 7.63. The van der Waals surface area contributed by atoms with Crippen molar-refractivity contribution in [2.45, 2.75) is 32.6 Å². The molecule has 6 heteroatoms. The molecule has 0 heterocycles. The van der Waals surface area contributed by atoms with E-state index in [2.05, 4.69) is 6.58 Å². The fourth-order valence-corrected chi connectivity index (χ4v) is 2.98. The van der Waals surface area contributed by atoms with E-state index in [1.165, 1.54) is 31.2 Å². The van der Waals surface area contributed by atoms with Gasteiger partial charge in [0.15, 0.2) is 5.78 Å². The van der Waals surface area contributed by atoms with Crippen LogP contribution in [0.2, 0.25) is 0 Å². The molecule has 0 unspecified atom stereocenters. The molecular formula is C22H28FNO3S. The molecule has 0 radical (unpaired) electrons. The second-order valence-corrected chi connectivity index (χ2v) is 6.90. The number of thiocarbonyl (C=S) groups is 1. The molecule has 0 spiro atoms. The molecule has 0 bridgehead atoms. The van der Waals surface area contributed by atoms with Crippen LogP contribution in [0.3, 0.4) is 0 Å². The number of carbonyl (C=O) groups excluding carboxylic acids is 1. The Morgan fingerprint density at radius 1 is 1.39 bits per heavy atom. The number of nitrogens with two attached hydrogens (primary N) is 1. The number of ketones is 1. The molecule has 0 atom stereocenters. The maximum absolute atomic E-state index is 13.9. The van der Waals surface area contributed by atoms with Gasteiger partial charge in [-0.3, -0.25) is 4.79 Å². The Kier molecular flexibility index (Phi) is 11.2. The summed E-state index contributed by atoms with van der Waals surface area (Å²) in [7, 11) is 0. The van der Waals surface area contributed by atoms with Gasteiger partial charge in [0.1, 0.15) is 18.2 Å². The summed E-state index contributed by atoms with van der Waals surface area (Å²) in [6.07, 6.45) is 7.72. The van der Waals surface area contributed by atoms with E-state index in [4.69, 9.17) is 27.8 Å². The number of hydrogen-bond donors (Lipinski definition) is 2. The Balaban J connectivity index is 3.40. The molecule has 0 aliphatic rings. The second kappa shape index (κ2) is 13.1. The van der Waals surface area contributed by atoms with Crippen LogP contribution in [0.25, 0.3) is 5.57 Å². The van der Waals surface area contributed by atoms with Crippen molar-refractivity contribution in [3.05, 3.63) is 60.0 Å². The largest absolute Gasteiger partial charge is 0.491 e. The minimum absolute atomic E-state index is 0.0686. The average Bonchev–Trinajstić information content (AvgIpc) is 2.64. The Morgan fingerprint density at radius 3 is 2.75 bits per heavy atom. The fraction of sp³-hybridized carbons (Fsp3) is 0.364. The van der Waals surface area contributed by atoms with Crippen LogP contribution in [-0.4, -0.2) is 35.5 Å². The predicted octanol–water partition coefficient (Wildman–Crippen LogP) is 4.17. The summed E-state index contributed by atoms with van der Waals surface area (Å²) in [6, 6.07) is 4.09. The zero-order valence-electron chi connectivity index (χ0n) is 16.2. The highest BCUT2D eigenvalue weighted by atomic mass is 32.1. The first-order chi connectivity index (χ1) is 13.4. The van der Waals surface area contributed by atoms with Crippen molar-refractivity contribution in [3.63, 3.8) is 0 Å². The van der Waals surface area contributed by atoms with Gasteiger partial charge in [-0.1, -0.05) is 29.9 Å². The van der Waals surface area contributed by atoms with E-state index < -0.39 is 5.82 Å². The minimum Gasteiger partial charge on any atom is -0.491 e. The normalized spacial score (nSPS) is 12.0. The summed E-state index contributed by atoms with van der Waals surface area (Å²) in [4.78, 5) is 12.6. The SMILES string of the molecule is C=CCC(=S)C/C(=C/C(=C\C(C)=O)c1cc(F)ccc1OCCO)CCCN. The highest BCUT2D eigenvalue weighted by Crippen LogP contribution is 2.30. The maximum atomic E-state index is 13.9. The van der Waals surface area contributed by atoms with E-state index >= 15 is 0 Å². The summed E-state index contributed by atoms with van der Waals surface area (Å²) in [5.74, 6) is -0.221. The van der Waals surface area contributed by atoms with E-state index in [0.29, 0.717) is 42.7 Å². The Hall–Kier alpha value is -2.15. The van der Waals surface area contributed by atoms with E-state index in [-0.39, 0.29) is 19.0 Å². The number of aliphatic hydroxyl groups excluding tert-OH is 1. The summed E-state index contributed by atoms with van der Waals surface area (Å²) in [5, 5.41) is 9.04. The van der Waals surface area contributed by atoms with Gasteiger partial charge < -0.3 is 15.6 Å². The highest BCUT2D eigenvalue weighted by Gasteiger charge is 2.12. The molecule has 152 valence electrons. The maximum Gasteiger partial charge on any atom is 0.153 e.